The molecule has 2 aromatic heterocycles. The summed E-state index contributed by atoms with van der Waals surface area (Å²) in [7, 11) is 1.68. The van der Waals surface area contributed by atoms with Gasteiger partial charge in [0, 0.05) is 28.9 Å². The number of aromatic amines is 1. The van der Waals surface area contributed by atoms with Crippen LogP contribution in [0.25, 0.3) is 5.57 Å². The van der Waals surface area contributed by atoms with E-state index < -0.39 is 5.41 Å². The number of pyridine rings is 1. The van der Waals surface area contributed by atoms with Gasteiger partial charge in [0.1, 0.15) is 12.4 Å². The van der Waals surface area contributed by atoms with Gasteiger partial charge in [-0.05, 0) is 120 Å². The van der Waals surface area contributed by atoms with Gasteiger partial charge in [-0.15, -0.1) is 0 Å². The minimum atomic E-state index is -0.540. The van der Waals surface area contributed by atoms with Gasteiger partial charge in [0.15, 0.2) is 0 Å². The maximum atomic E-state index is 14.7. The first kappa shape index (κ1) is 34.5. The van der Waals surface area contributed by atoms with E-state index in [1.165, 1.54) is 28.0 Å². The van der Waals surface area contributed by atoms with Crippen LogP contribution in [0.5, 0.6) is 5.88 Å². The number of benzene rings is 1. The molecule has 8 rings (SSSR count). The zero-order valence-electron chi connectivity index (χ0n) is 32.1. The number of hydrogen-bond donors (Lipinski definition) is 2. The number of methoxy groups -OCH3 is 1. The Balaban J connectivity index is 1.31. The van der Waals surface area contributed by atoms with E-state index in [0.29, 0.717) is 30.1 Å². The molecule has 7 nitrogen and oxygen atoms in total. The minimum Gasteiger partial charge on any atom is -0.481 e. The van der Waals surface area contributed by atoms with Crippen LogP contribution in [0.15, 0.2) is 54.2 Å². The molecular formula is C44H58N4O3. The lowest BCUT2D eigenvalue weighted by Gasteiger charge is -2.71. The Labute approximate surface area is 304 Å². The zero-order chi connectivity index (χ0) is 36.2. The number of esters is 1. The van der Waals surface area contributed by atoms with Crippen LogP contribution >= 0.6 is 0 Å². The predicted molar refractivity (Wildman–Crippen MR) is 202 cm³/mol. The van der Waals surface area contributed by atoms with E-state index in [1.54, 1.807) is 7.11 Å². The van der Waals surface area contributed by atoms with Crippen molar-refractivity contribution in [2.75, 3.05) is 12.8 Å². The fourth-order valence-electron chi connectivity index (χ4n) is 13.0. The Hall–Kier alpha value is -3.61. The number of carbonyl (C=O) groups is 1. The summed E-state index contributed by atoms with van der Waals surface area (Å²) < 4.78 is 11.9. The van der Waals surface area contributed by atoms with Crippen LogP contribution in [0, 0.1) is 44.8 Å². The number of nitrogens with zero attached hydrogens (tertiary/aromatic N) is 2. The highest BCUT2D eigenvalue weighted by molar-refractivity contribution is 5.81. The van der Waals surface area contributed by atoms with E-state index in [2.05, 4.69) is 64.7 Å². The molecule has 0 amide bonds. The van der Waals surface area contributed by atoms with Gasteiger partial charge >= 0.3 is 5.97 Å². The van der Waals surface area contributed by atoms with E-state index in [0.717, 1.165) is 63.4 Å². The van der Waals surface area contributed by atoms with Gasteiger partial charge in [0.05, 0.1) is 12.5 Å². The number of rotatable bonds is 5. The standard InChI is InChI=1S/C44H58N4O3/c1-39(2)18-20-44(38(49)51-26-27-12-10-9-11-13-27)21-19-43(7)35(31(44)24-39)29(28-14-15-34(50-8)46-25-28)22-33-41(5)23-30-36(47-48-37(30)45)40(3,4)32(41)16-17-42(33,43)6/h9-15,25,31-33H,16-24,26H2,1-8H3,(H3,45,47,48)/t31-,32-,33?,41-,42+,43+,44-/m0/s1. The molecule has 0 spiro atoms. The lowest BCUT2D eigenvalue weighted by atomic mass is 9.33. The molecule has 7 atom stereocenters. The van der Waals surface area contributed by atoms with Gasteiger partial charge in [0.2, 0.25) is 5.88 Å². The summed E-state index contributed by atoms with van der Waals surface area (Å²) in [5.74, 6) is 2.26. The van der Waals surface area contributed by atoms with Gasteiger partial charge in [-0.3, -0.25) is 9.89 Å². The second-order valence-corrected chi connectivity index (χ2v) is 19.1. The Morgan fingerprint density at radius 1 is 0.941 bits per heavy atom. The van der Waals surface area contributed by atoms with Crippen LogP contribution in [0.4, 0.5) is 5.82 Å². The average molecular weight is 691 g/mol. The molecule has 1 unspecified atom stereocenters. The molecule has 5 aliphatic rings. The molecule has 272 valence electrons. The van der Waals surface area contributed by atoms with Crippen molar-refractivity contribution in [3.05, 3.63) is 76.6 Å². The summed E-state index contributed by atoms with van der Waals surface area (Å²) >= 11 is 0. The Bertz CT molecular complexity index is 1880. The first-order valence-corrected chi connectivity index (χ1v) is 19.4. The van der Waals surface area contributed by atoms with Crippen molar-refractivity contribution in [3.8, 4) is 5.88 Å². The number of allylic oxidation sites excluding steroid dienone is 2. The van der Waals surface area contributed by atoms with Crippen molar-refractivity contribution in [2.24, 2.45) is 44.8 Å². The lowest BCUT2D eigenvalue weighted by molar-refractivity contribution is -0.181. The molecule has 0 saturated heterocycles. The summed E-state index contributed by atoms with van der Waals surface area (Å²) in [5, 5.41) is 7.93. The number of carbonyl (C=O) groups excluding carboxylic acids is 1. The maximum absolute atomic E-state index is 14.7. The van der Waals surface area contributed by atoms with Gasteiger partial charge in [-0.1, -0.05) is 84.4 Å². The van der Waals surface area contributed by atoms with Gasteiger partial charge in [0.25, 0.3) is 0 Å². The smallest absolute Gasteiger partial charge is 0.313 e. The van der Waals surface area contributed by atoms with E-state index in [4.69, 9.17) is 20.2 Å². The molecule has 3 aromatic rings. The number of nitrogen functional groups attached to an aromatic ring is 1. The van der Waals surface area contributed by atoms with Crippen LogP contribution in [0.3, 0.4) is 0 Å². The molecule has 0 aliphatic heterocycles. The van der Waals surface area contributed by atoms with Crippen LogP contribution in [0.1, 0.15) is 122 Å². The highest BCUT2D eigenvalue weighted by atomic mass is 16.5. The van der Waals surface area contributed by atoms with Gasteiger partial charge < -0.3 is 15.2 Å². The van der Waals surface area contributed by atoms with E-state index >= 15 is 0 Å². The van der Waals surface area contributed by atoms with E-state index in [1.807, 2.05) is 42.6 Å². The molecule has 1 aromatic carbocycles. The van der Waals surface area contributed by atoms with E-state index in [-0.39, 0.29) is 39.0 Å². The summed E-state index contributed by atoms with van der Waals surface area (Å²) in [6, 6.07) is 14.4. The van der Waals surface area contributed by atoms with Crippen LogP contribution in [-0.2, 0) is 28.0 Å². The molecule has 3 N–H and O–H groups in total. The fraction of sp³-hybridized carbons (Fsp3) is 0.614. The number of H-pyrrole nitrogens is 1. The average Bonchev–Trinajstić information content (AvgIpc) is 3.47. The van der Waals surface area contributed by atoms with Crippen molar-refractivity contribution in [1.29, 1.82) is 0 Å². The summed E-state index contributed by atoms with van der Waals surface area (Å²) in [4.78, 5) is 19.5. The number of anilines is 1. The summed E-state index contributed by atoms with van der Waals surface area (Å²) in [6.45, 7) is 17.7. The van der Waals surface area contributed by atoms with Crippen LogP contribution < -0.4 is 10.5 Å². The number of aromatic nitrogens is 3. The van der Waals surface area contributed by atoms with Gasteiger partial charge in [-0.25, -0.2) is 4.98 Å². The molecule has 3 saturated carbocycles. The Morgan fingerprint density at radius 2 is 1.69 bits per heavy atom. The first-order chi connectivity index (χ1) is 24.1. The Morgan fingerprint density at radius 3 is 2.39 bits per heavy atom. The molecule has 51 heavy (non-hydrogen) atoms. The topological polar surface area (TPSA) is 103 Å². The summed E-state index contributed by atoms with van der Waals surface area (Å²) in [6.07, 6.45) is 11.0. The van der Waals surface area contributed by atoms with Crippen molar-refractivity contribution < 1.29 is 14.3 Å². The largest absolute Gasteiger partial charge is 0.481 e. The van der Waals surface area contributed by atoms with Crippen molar-refractivity contribution >= 4 is 17.4 Å². The monoisotopic (exact) mass is 690 g/mol. The third-order valence-corrected chi connectivity index (χ3v) is 15.9. The molecule has 0 bridgehead atoms. The highest BCUT2D eigenvalue weighted by Gasteiger charge is 2.70. The Kier molecular flexibility index (Phi) is 7.74. The fourth-order valence-corrected chi connectivity index (χ4v) is 13.0. The molecular weight excluding hydrogens is 633 g/mol. The van der Waals surface area contributed by atoms with E-state index in [9.17, 15) is 4.79 Å². The highest BCUT2D eigenvalue weighted by Crippen LogP contribution is 2.77. The second kappa shape index (κ2) is 11.4. The molecule has 3 fully saturated rings. The molecule has 0 radical (unpaired) electrons. The van der Waals surface area contributed by atoms with Gasteiger partial charge in [-0.2, -0.15) is 5.10 Å². The number of nitrogens with one attached hydrogen (secondary N) is 1. The van der Waals surface area contributed by atoms with Crippen molar-refractivity contribution in [3.63, 3.8) is 0 Å². The predicted octanol–water partition coefficient (Wildman–Crippen LogP) is 9.48. The molecule has 7 heteroatoms. The molecule has 2 heterocycles. The normalized spacial score (nSPS) is 36.1. The third kappa shape index (κ3) is 4.84. The minimum absolute atomic E-state index is 0.00597. The number of hydrogen-bond acceptors (Lipinski definition) is 6. The number of fused-ring (bicyclic) bond motifs is 8. The second-order valence-electron chi connectivity index (χ2n) is 19.1. The third-order valence-electron chi connectivity index (χ3n) is 15.9. The summed E-state index contributed by atoms with van der Waals surface area (Å²) in [5.41, 5.74) is 13.6. The SMILES string of the molecule is COc1ccc(C2=C3[C@@H]4CC(C)(C)CC[C@]4(C(=O)OCc4ccccc4)CC[C@@]3(C)[C@]3(C)CC[C@H]4C(C)(C)c5[nH]nc(N)c5C[C@]4(C)C3C2)cn1. The number of ether oxygens (including phenoxy) is 2. The van der Waals surface area contributed by atoms with Crippen LogP contribution in [0.2, 0.25) is 0 Å². The molecule has 5 aliphatic carbocycles. The van der Waals surface area contributed by atoms with Crippen LogP contribution in [-0.4, -0.2) is 28.3 Å². The zero-order valence-corrected chi connectivity index (χ0v) is 32.1. The van der Waals surface area contributed by atoms with Crippen molar-refractivity contribution in [2.45, 2.75) is 118 Å². The quantitative estimate of drug-likeness (QED) is 0.259. The number of nitrogens with two attached hydrogens (primary N) is 1. The lowest BCUT2D eigenvalue weighted by Crippen LogP contribution is -2.65. The maximum Gasteiger partial charge on any atom is 0.313 e. The van der Waals surface area contributed by atoms with Crippen molar-refractivity contribution in [1.82, 2.24) is 15.2 Å². The first-order valence-electron chi connectivity index (χ1n) is 19.4.